The van der Waals surface area contributed by atoms with Crippen LogP contribution in [0.25, 0.3) is 5.69 Å². The molecule has 0 spiro atoms. The lowest BCUT2D eigenvalue weighted by molar-refractivity contribution is -0.115. The van der Waals surface area contributed by atoms with E-state index in [0.717, 1.165) is 5.56 Å². The predicted octanol–water partition coefficient (Wildman–Crippen LogP) is 4.33. The Balaban J connectivity index is 1.78. The van der Waals surface area contributed by atoms with E-state index < -0.39 is 5.25 Å². The summed E-state index contributed by atoms with van der Waals surface area (Å²) in [5.41, 5.74) is 1.85. The Morgan fingerprint density at radius 1 is 1.13 bits per heavy atom. The van der Waals surface area contributed by atoms with Gasteiger partial charge in [0.25, 0.3) is 5.56 Å². The highest BCUT2D eigenvalue weighted by atomic mass is 35.5. The van der Waals surface area contributed by atoms with Crippen molar-refractivity contribution in [3.05, 3.63) is 69.5 Å². The van der Waals surface area contributed by atoms with E-state index in [1.807, 2.05) is 31.2 Å². The van der Waals surface area contributed by atoms with Crippen LogP contribution < -0.4 is 20.3 Å². The van der Waals surface area contributed by atoms with Crippen molar-refractivity contribution in [1.82, 2.24) is 9.78 Å². The molecule has 0 saturated carbocycles. The van der Waals surface area contributed by atoms with Crippen LogP contribution in [0.4, 0.5) is 5.69 Å². The van der Waals surface area contributed by atoms with Crippen LogP contribution in [0.5, 0.6) is 11.5 Å². The van der Waals surface area contributed by atoms with Gasteiger partial charge in [0, 0.05) is 18.2 Å². The first-order valence-electron chi connectivity index (χ1n) is 9.39. The molecule has 0 unspecified atom stereocenters. The van der Waals surface area contributed by atoms with E-state index in [0.29, 0.717) is 32.9 Å². The van der Waals surface area contributed by atoms with Gasteiger partial charge in [0.15, 0.2) is 0 Å². The maximum Gasteiger partial charge on any atom is 0.271 e. The van der Waals surface area contributed by atoms with Crippen molar-refractivity contribution in [2.45, 2.75) is 24.1 Å². The third kappa shape index (κ3) is 5.39. The molecule has 162 valence electrons. The molecule has 1 N–H and O–H groups in total. The molecule has 7 nitrogen and oxygen atoms in total. The number of ether oxygens (including phenoxy) is 2. The number of carbonyl (C=O) groups excluding carboxylic acids is 1. The number of thioether (sulfide) groups is 1. The average Bonchev–Trinajstić information content (AvgIpc) is 2.76. The number of carbonyl (C=O) groups is 1. The first-order valence-corrected chi connectivity index (χ1v) is 10.6. The zero-order valence-electron chi connectivity index (χ0n) is 17.5. The highest BCUT2D eigenvalue weighted by Gasteiger charge is 2.20. The van der Waals surface area contributed by atoms with Gasteiger partial charge in [-0.15, -0.1) is 0 Å². The third-order valence-corrected chi connectivity index (χ3v) is 5.78. The van der Waals surface area contributed by atoms with Crippen molar-refractivity contribution in [3.63, 3.8) is 0 Å². The minimum atomic E-state index is -0.514. The molecule has 0 radical (unpaired) electrons. The van der Waals surface area contributed by atoms with Crippen molar-refractivity contribution < 1.29 is 14.3 Å². The molecule has 2 aromatic carbocycles. The minimum Gasteiger partial charge on any atom is -0.497 e. The van der Waals surface area contributed by atoms with Crippen molar-refractivity contribution in [2.75, 3.05) is 19.5 Å². The monoisotopic (exact) mass is 459 g/mol. The van der Waals surface area contributed by atoms with Gasteiger partial charge in [0.2, 0.25) is 5.91 Å². The van der Waals surface area contributed by atoms with Crippen LogP contribution in [-0.4, -0.2) is 35.2 Å². The Bertz CT molecular complexity index is 1150. The maximum atomic E-state index is 12.8. The Hall–Kier alpha value is -2.97. The highest BCUT2D eigenvalue weighted by molar-refractivity contribution is 8.00. The number of hydrogen-bond acceptors (Lipinski definition) is 6. The number of nitrogens with one attached hydrogen (secondary N) is 1. The fraction of sp³-hybridized carbons (Fsp3) is 0.227. The number of aromatic nitrogens is 2. The largest absolute Gasteiger partial charge is 0.497 e. The average molecular weight is 460 g/mol. The number of benzene rings is 2. The third-order valence-electron chi connectivity index (χ3n) is 4.45. The van der Waals surface area contributed by atoms with E-state index in [9.17, 15) is 9.59 Å². The number of nitrogens with zero attached hydrogens (tertiary/aromatic N) is 2. The van der Waals surface area contributed by atoms with Crippen LogP contribution in [-0.2, 0) is 4.79 Å². The fourth-order valence-electron chi connectivity index (χ4n) is 2.75. The Morgan fingerprint density at radius 3 is 2.48 bits per heavy atom. The Kier molecular flexibility index (Phi) is 7.25. The molecule has 3 rings (SSSR count). The van der Waals surface area contributed by atoms with Crippen molar-refractivity contribution in [1.29, 1.82) is 0 Å². The van der Waals surface area contributed by atoms with Gasteiger partial charge in [-0.2, -0.15) is 9.78 Å². The summed E-state index contributed by atoms with van der Waals surface area (Å²) in [6.07, 6.45) is 0. The zero-order valence-corrected chi connectivity index (χ0v) is 19.1. The van der Waals surface area contributed by atoms with E-state index in [1.165, 1.54) is 36.7 Å². The number of anilines is 1. The second kappa shape index (κ2) is 9.89. The first kappa shape index (κ1) is 22.7. The normalized spacial score (nSPS) is 11.6. The van der Waals surface area contributed by atoms with E-state index in [4.69, 9.17) is 21.1 Å². The van der Waals surface area contributed by atoms with Crippen LogP contribution >= 0.6 is 23.4 Å². The quantitative estimate of drug-likeness (QED) is 0.529. The summed E-state index contributed by atoms with van der Waals surface area (Å²) in [5, 5.41) is 7.51. The van der Waals surface area contributed by atoms with Crippen molar-refractivity contribution in [2.24, 2.45) is 0 Å². The molecule has 9 heteroatoms. The summed E-state index contributed by atoms with van der Waals surface area (Å²) in [7, 11) is 3.00. The van der Waals surface area contributed by atoms with Gasteiger partial charge in [-0.25, -0.2) is 0 Å². The standard InChI is InChI=1S/C22H22ClN3O4S/c1-13-5-7-15(8-6-13)26-20(27)10-9-19(25-26)31-14(2)22(28)24-21-17(23)11-16(29-3)12-18(21)30-4/h5-12,14H,1-4H3,(H,24,28)/t14-/m0/s1. The second-order valence-electron chi connectivity index (χ2n) is 6.69. The Labute approximate surface area is 189 Å². The van der Waals surface area contributed by atoms with Crippen LogP contribution in [0.2, 0.25) is 5.02 Å². The molecule has 0 saturated heterocycles. The zero-order chi connectivity index (χ0) is 22.5. The SMILES string of the molecule is COc1cc(Cl)c(NC(=O)[C@H](C)Sc2ccc(=O)n(-c3ccc(C)cc3)n2)c(OC)c1. The molecule has 0 aliphatic rings. The van der Waals surface area contributed by atoms with Gasteiger partial charge >= 0.3 is 0 Å². The highest BCUT2D eigenvalue weighted by Crippen LogP contribution is 2.37. The number of rotatable bonds is 7. The molecule has 3 aromatic rings. The molecule has 1 amide bonds. The summed E-state index contributed by atoms with van der Waals surface area (Å²) in [4.78, 5) is 25.0. The molecule has 1 atom stereocenters. The summed E-state index contributed by atoms with van der Waals surface area (Å²) in [6.45, 7) is 3.71. The molecule has 0 aliphatic carbocycles. The summed E-state index contributed by atoms with van der Waals surface area (Å²) in [6, 6.07) is 13.7. The summed E-state index contributed by atoms with van der Waals surface area (Å²) in [5.74, 6) is 0.621. The van der Waals surface area contributed by atoms with Crippen LogP contribution in [0.1, 0.15) is 12.5 Å². The number of halogens is 1. The number of methoxy groups -OCH3 is 2. The number of aryl methyl sites for hydroxylation is 1. The molecule has 31 heavy (non-hydrogen) atoms. The molecular formula is C22H22ClN3O4S. The molecule has 0 aliphatic heterocycles. The summed E-state index contributed by atoms with van der Waals surface area (Å²) < 4.78 is 11.8. The topological polar surface area (TPSA) is 82.5 Å². The molecule has 0 fully saturated rings. The van der Waals surface area contributed by atoms with Gasteiger partial charge in [-0.1, -0.05) is 41.1 Å². The Morgan fingerprint density at radius 2 is 1.84 bits per heavy atom. The number of amides is 1. The first-order chi connectivity index (χ1) is 14.8. The van der Waals surface area contributed by atoms with Crippen molar-refractivity contribution >= 4 is 35.0 Å². The van der Waals surface area contributed by atoms with Crippen LogP contribution in [0.15, 0.2) is 58.4 Å². The van der Waals surface area contributed by atoms with Crippen LogP contribution in [0, 0.1) is 6.92 Å². The second-order valence-corrected chi connectivity index (χ2v) is 8.46. The van der Waals surface area contributed by atoms with Gasteiger partial charge in [-0.05, 0) is 32.0 Å². The molecule has 0 bridgehead atoms. The van der Waals surface area contributed by atoms with Gasteiger partial charge in [0.1, 0.15) is 22.2 Å². The van der Waals surface area contributed by atoms with Gasteiger partial charge in [-0.3, -0.25) is 9.59 Å². The minimum absolute atomic E-state index is 0.250. The molecule has 1 heterocycles. The van der Waals surface area contributed by atoms with E-state index in [1.54, 1.807) is 25.1 Å². The van der Waals surface area contributed by atoms with E-state index in [2.05, 4.69) is 10.4 Å². The fourth-order valence-corrected chi connectivity index (χ4v) is 3.80. The molecular weight excluding hydrogens is 438 g/mol. The van der Waals surface area contributed by atoms with Crippen molar-refractivity contribution in [3.8, 4) is 17.2 Å². The van der Waals surface area contributed by atoms with Gasteiger partial charge in [0.05, 0.1) is 30.2 Å². The van der Waals surface area contributed by atoms with Crippen LogP contribution in [0.3, 0.4) is 0 Å². The predicted molar refractivity (Wildman–Crippen MR) is 123 cm³/mol. The molecule has 1 aromatic heterocycles. The lowest BCUT2D eigenvalue weighted by atomic mass is 10.2. The van der Waals surface area contributed by atoms with E-state index >= 15 is 0 Å². The lowest BCUT2D eigenvalue weighted by Gasteiger charge is -2.16. The number of hydrogen-bond donors (Lipinski definition) is 1. The maximum absolute atomic E-state index is 12.8. The van der Waals surface area contributed by atoms with E-state index in [-0.39, 0.29) is 11.5 Å². The summed E-state index contributed by atoms with van der Waals surface area (Å²) >= 11 is 7.51. The van der Waals surface area contributed by atoms with Gasteiger partial charge < -0.3 is 14.8 Å². The lowest BCUT2D eigenvalue weighted by Crippen LogP contribution is -2.24. The smallest absolute Gasteiger partial charge is 0.271 e.